The summed E-state index contributed by atoms with van der Waals surface area (Å²) in [6.45, 7) is 8.36. The molecule has 1 fully saturated rings. The van der Waals surface area contributed by atoms with Crippen LogP contribution in [0.4, 0.5) is 4.79 Å². The van der Waals surface area contributed by atoms with Crippen LogP contribution < -0.4 is 5.32 Å². The summed E-state index contributed by atoms with van der Waals surface area (Å²) in [5.74, 6) is -0.876. The summed E-state index contributed by atoms with van der Waals surface area (Å²) in [5.41, 5.74) is -0.882. The van der Waals surface area contributed by atoms with Crippen molar-refractivity contribution in [3.05, 3.63) is 0 Å². The van der Waals surface area contributed by atoms with Crippen LogP contribution in [0.5, 0.6) is 0 Å². The van der Waals surface area contributed by atoms with Crippen molar-refractivity contribution in [2.24, 2.45) is 5.92 Å². The van der Waals surface area contributed by atoms with Gasteiger partial charge in [-0.15, -0.1) is 0 Å². The molecule has 7 heteroatoms. The van der Waals surface area contributed by atoms with Gasteiger partial charge in [-0.3, -0.25) is 19.4 Å². The minimum Gasteiger partial charge on any atom is -0.480 e. The largest absolute Gasteiger partial charge is 0.480 e. The fraction of sp³-hybridized carbons (Fsp3) is 0.769. The van der Waals surface area contributed by atoms with Gasteiger partial charge in [0.1, 0.15) is 5.54 Å². The molecule has 1 heterocycles. The predicted octanol–water partition coefficient (Wildman–Crippen LogP) is 0.359. The molecule has 1 aliphatic rings. The van der Waals surface area contributed by atoms with Crippen LogP contribution in [0.25, 0.3) is 0 Å². The number of rotatable bonds is 7. The summed E-state index contributed by atoms with van der Waals surface area (Å²) >= 11 is 0. The maximum absolute atomic E-state index is 12.0. The zero-order valence-electron chi connectivity index (χ0n) is 12.5. The summed E-state index contributed by atoms with van der Waals surface area (Å²) in [5, 5.41) is 11.5. The molecule has 0 radical (unpaired) electrons. The molecule has 20 heavy (non-hydrogen) atoms. The second-order valence-electron chi connectivity index (χ2n) is 6.03. The number of nitrogens with zero attached hydrogens (tertiary/aromatic N) is 2. The van der Waals surface area contributed by atoms with E-state index in [2.05, 4.69) is 5.32 Å². The molecule has 1 rings (SSSR count). The summed E-state index contributed by atoms with van der Waals surface area (Å²) in [6, 6.07) is -0.417. The Labute approximate surface area is 118 Å². The van der Waals surface area contributed by atoms with Crippen molar-refractivity contribution in [2.75, 3.05) is 26.2 Å². The number of carbonyl (C=O) groups is 3. The normalized spacial score (nSPS) is 18.0. The van der Waals surface area contributed by atoms with E-state index in [9.17, 15) is 14.4 Å². The van der Waals surface area contributed by atoms with Gasteiger partial charge in [0.25, 0.3) is 5.91 Å². The molecular weight excluding hydrogens is 262 g/mol. The Hall–Kier alpha value is -1.63. The molecule has 3 amide bonds. The Bertz CT molecular complexity index is 406. The number of nitrogens with one attached hydrogen (secondary N) is 1. The van der Waals surface area contributed by atoms with Gasteiger partial charge < -0.3 is 10.4 Å². The molecule has 0 saturated carbocycles. The second kappa shape index (κ2) is 6.21. The van der Waals surface area contributed by atoms with Crippen molar-refractivity contribution in [2.45, 2.75) is 33.2 Å². The minimum absolute atomic E-state index is 0.0920. The molecule has 0 aliphatic carbocycles. The standard InChI is InChI=1S/C13H23N3O4/c1-9(2)7-15(8-10(17)18)5-6-16-11(19)13(3,4)14-12(16)20/h9H,5-8H2,1-4H3,(H,14,20)(H,17,18). The lowest BCUT2D eigenvalue weighted by atomic mass is 10.1. The third-order valence-electron chi connectivity index (χ3n) is 3.07. The monoisotopic (exact) mass is 285 g/mol. The summed E-state index contributed by atoms with van der Waals surface area (Å²) < 4.78 is 0. The number of amides is 3. The number of carboxylic acid groups (broad SMARTS) is 1. The fourth-order valence-electron chi connectivity index (χ4n) is 2.20. The molecule has 0 aromatic heterocycles. The van der Waals surface area contributed by atoms with Crippen LogP contribution in [0.3, 0.4) is 0 Å². The van der Waals surface area contributed by atoms with Gasteiger partial charge >= 0.3 is 12.0 Å². The van der Waals surface area contributed by atoms with Crippen molar-refractivity contribution < 1.29 is 19.5 Å². The van der Waals surface area contributed by atoms with E-state index < -0.39 is 17.5 Å². The van der Waals surface area contributed by atoms with Gasteiger partial charge in [0.05, 0.1) is 6.54 Å². The van der Waals surface area contributed by atoms with Crippen LogP contribution in [0.15, 0.2) is 0 Å². The van der Waals surface area contributed by atoms with Crippen molar-refractivity contribution in [3.63, 3.8) is 0 Å². The number of carbonyl (C=O) groups excluding carboxylic acids is 2. The zero-order chi connectivity index (χ0) is 15.5. The molecule has 0 spiro atoms. The molecule has 1 aliphatic heterocycles. The van der Waals surface area contributed by atoms with E-state index in [4.69, 9.17) is 5.11 Å². The van der Waals surface area contributed by atoms with E-state index in [1.54, 1.807) is 18.7 Å². The number of hydrogen-bond donors (Lipinski definition) is 2. The summed E-state index contributed by atoms with van der Waals surface area (Å²) in [6.07, 6.45) is 0. The molecule has 0 aromatic carbocycles. The molecule has 0 atom stereocenters. The first-order valence-corrected chi connectivity index (χ1v) is 6.71. The summed E-state index contributed by atoms with van der Waals surface area (Å²) in [7, 11) is 0. The van der Waals surface area contributed by atoms with Crippen molar-refractivity contribution in [3.8, 4) is 0 Å². The van der Waals surface area contributed by atoms with Crippen LogP contribution in [0, 0.1) is 5.92 Å². The number of urea groups is 1. The number of imide groups is 1. The van der Waals surface area contributed by atoms with Crippen LogP contribution in [-0.2, 0) is 9.59 Å². The lowest BCUT2D eigenvalue weighted by Gasteiger charge is -2.24. The Morgan fingerprint density at radius 1 is 1.40 bits per heavy atom. The first kappa shape index (κ1) is 16.4. The van der Waals surface area contributed by atoms with Gasteiger partial charge in [0.2, 0.25) is 0 Å². The molecule has 0 aromatic rings. The average Bonchev–Trinajstić information content (AvgIpc) is 2.44. The van der Waals surface area contributed by atoms with Gasteiger partial charge in [0.15, 0.2) is 0 Å². The third-order valence-corrected chi connectivity index (χ3v) is 3.07. The van der Waals surface area contributed by atoms with E-state index in [1.165, 1.54) is 0 Å². The van der Waals surface area contributed by atoms with Crippen molar-refractivity contribution in [1.29, 1.82) is 0 Å². The van der Waals surface area contributed by atoms with Crippen LogP contribution >= 0.6 is 0 Å². The smallest absolute Gasteiger partial charge is 0.325 e. The molecule has 0 unspecified atom stereocenters. The van der Waals surface area contributed by atoms with Crippen molar-refractivity contribution >= 4 is 17.9 Å². The van der Waals surface area contributed by atoms with Crippen molar-refractivity contribution in [1.82, 2.24) is 15.1 Å². The van der Waals surface area contributed by atoms with Crippen LogP contribution in [0.2, 0.25) is 0 Å². The Morgan fingerprint density at radius 3 is 2.40 bits per heavy atom. The highest BCUT2D eigenvalue weighted by molar-refractivity contribution is 6.06. The highest BCUT2D eigenvalue weighted by Crippen LogP contribution is 2.16. The maximum atomic E-state index is 12.0. The molecule has 0 bridgehead atoms. The fourth-order valence-corrected chi connectivity index (χ4v) is 2.20. The Kier molecular flexibility index (Phi) is 5.10. The van der Waals surface area contributed by atoms with Crippen LogP contribution in [-0.4, -0.2) is 64.5 Å². The second-order valence-corrected chi connectivity index (χ2v) is 6.03. The van der Waals surface area contributed by atoms with Gasteiger partial charge in [-0.2, -0.15) is 0 Å². The molecule has 114 valence electrons. The quantitative estimate of drug-likeness (QED) is 0.659. The number of aliphatic carboxylic acids is 1. The molecule has 7 nitrogen and oxygen atoms in total. The van der Waals surface area contributed by atoms with Gasteiger partial charge in [-0.1, -0.05) is 13.8 Å². The summed E-state index contributed by atoms with van der Waals surface area (Å²) in [4.78, 5) is 37.4. The van der Waals surface area contributed by atoms with E-state index in [0.29, 0.717) is 19.0 Å². The van der Waals surface area contributed by atoms with Crippen LogP contribution in [0.1, 0.15) is 27.7 Å². The minimum atomic E-state index is -0.914. The lowest BCUT2D eigenvalue weighted by Crippen LogP contribution is -2.43. The Balaban J connectivity index is 2.61. The third kappa shape index (κ3) is 4.19. The zero-order valence-corrected chi connectivity index (χ0v) is 12.5. The molecule has 1 saturated heterocycles. The van der Waals surface area contributed by atoms with E-state index >= 15 is 0 Å². The first-order valence-electron chi connectivity index (χ1n) is 6.71. The highest BCUT2D eigenvalue weighted by Gasteiger charge is 2.43. The SMILES string of the molecule is CC(C)CN(CCN1C(=O)NC(C)(C)C1=O)CC(=O)O. The van der Waals surface area contributed by atoms with Gasteiger partial charge in [0, 0.05) is 19.6 Å². The number of carboxylic acids is 1. The first-order chi connectivity index (χ1) is 9.13. The van der Waals surface area contributed by atoms with E-state index in [0.717, 1.165) is 4.90 Å². The topological polar surface area (TPSA) is 90.0 Å². The molecule has 2 N–H and O–H groups in total. The van der Waals surface area contributed by atoms with Gasteiger partial charge in [-0.25, -0.2) is 4.79 Å². The highest BCUT2D eigenvalue weighted by atomic mass is 16.4. The average molecular weight is 285 g/mol. The molecular formula is C13H23N3O4. The van der Waals surface area contributed by atoms with E-state index in [-0.39, 0.29) is 19.0 Å². The number of hydrogen-bond acceptors (Lipinski definition) is 4. The lowest BCUT2D eigenvalue weighted by molar-refractivity contribution is -0.138. The van der Waals surface area contributed by atoms with Gasteiger partial charge in [-0.05, 0) is 19.8 Å². The Morgan fingerprint density at radius 2 is 2.00 bits per heavy atom. The maximum Gasteiger partial charge on any atom is 0.325 e. The van der Waals surface area contributed by atoms with E-state index in [1.807, 2.05) is 13.8 Å². The predicted molar refractivity (Wildman–Crippen MR) is 73.2 cm³/mol.